The predicted molar refractivity (Wildman–Crippen MR) is 54.9 cm³/mol. The van der Waals surface area contributed by atoms with Gasteiger partial charge in [0, 0.05) is 0 Å². The number of hydrogen-bond donors (Lipinski definition) is 1. The van der Waals surface area contributed by atoms with Crippen molar-refractivity contribution in [1.82, 2.24) is 10.2 Å². The molecule has 1 saturated heterocycles. The topological polar surface area (TPSA) is 49.4 Å². The Morgan fingerprint density at radius 3 is 2.27 bits per heavy atom. The largest absolute Gasteiger partial charge is 0.300 e. The Balaban J connectivity index is 2.10. The molecule has 1 heterocycles. The Kier molecular flexibility index (Phi) is 2.78. The van der Waals surface area contributed by atoms with Crippen molar-refractivity contribution in [2.75, 3.05) is 13.1 Å². The predicted octanol–water partition coefficient (Wildman–Crippen LogP) is 0.145. The van der Waals surface area contributed by atoms with Crippen LogP contribution in [0.5, 0.6) is 0 Å². The summed E-state index contributed by atoms with van der Waals surface area (Å²) < 4.78 is 0. The molecule has 1 aliphatic rings. The van der Waals surface area contributed by atoms with E-state index >= 15 is 0 Å². The molecular weight excluding hydrogens is 192 g/mol. The lowest BCUT2D eigenvalue weighted by molar-refractivity contribution is -0.147. The van der Waals surface area contributed by atoms with Gasteiger partial charge < -0.3 is 0 Å². The highest BCUT2D eigenvalue weighted by molar-refractivity contribution is 5.99. The highest BCUT2D eigenvalue weighted by Gasteiger charge is 2.25. The average molecular weight is 204 g/mol. The van der Waals surface area contributed by atoms with Gasteiger partial charge in [0.25, 0.3) is 0 Å². The molecule has 0 saturated carbocycles. The molecule has 0 atom stereocenters. The van der Waals surface area contributed by atoms with Gasteiger partial charge in [-0.2, -0.15) is 0 Å². The second-order valence-electron chi connectivity index (χ2n) is 3.46. The number of benzene rings is 1. The lowest BCUT2D eigenvalue weighted by atomic mass is 10.2. The van der Waals surface area contributed by atoms with E-state index in [0.29, 0.717) is 6.54 Å². The molecule has 2 rings (SSSR count). The van der Waals surface area contributed by atoms with E-state index in [0.717, 1.165) is 5.56 Å². The Labute approximate surface area is 87.9 Å². The van der Waals surface area contributed by atoms with Crippen molar-refractivity contribution in [3.05, 3.63) is 35.9 Å². The standard InChI is InChI=1S/C11H12N2O2/c14-10-6-12-7-11(15)13(10)8-9-4-2-1-3-5-9/h1-5,12H,6-8H2. The van der Waals surface area contributed by atoms with E-state index in [9.17, 15) is 9.59 Å². The molecule has 0 unspecified atom stereocenters. The van der Waals surface area contributed by atoms with Crippen LogP contribution < -0.4 is 5.32 Å². The van der Waals surface area contributed by atoms with Gasteiger partial charge >= 0.3 is 0 Å². The van der Waals surface area contributed by atoms with Crippen LogP contribution >= 0.6 is 0 Å². The average Bonchev–Trinajstić information content (AvgIpc) is 2.25. The Morgan fingerprint density at radius 2 is 1.67 bits per heavy atom. The van der Waals surface area contributed by atoms with Crippen LogP contribution in [0.1, 0.15) is 5.56 Å². The molecule has 1 fully saturated rings. The highest BCUT2D eigenvalue weighted by atomic mass is 16.2. The van der Waals surface area contributed by atoms with E-state index < -0.39 is 0 Å². The Morgan fingerprint density at radius 1 is 1.07 bits per heavy atom. The summed E-state index contributed by atoms with van der Waals surface area (Å²) in [5, 5.41) is 2.76. The van der Waals surface area contributed by atoms with Crippen molar-refractivity contribution in [2.24, 2.45) is 0 Å². The van der Waals surface area contributed by atoms with Gasteiger partial charge in [0.15, 0.2) is 0 Å². The fourth-order valence-electron chi connectivity index (χ4n) is 1.55. The summed E-state index contributed by atoms with van der Waals surface area (Å²) in [5.41, 5.74) is 0.973. The van der Waals surface area contributed by atoms with Crippen LogP contribution in [0.4, 0.5) is 0 Å². The van der Waals surface area contributed by atoms with E-state index in [-0.39, 0.29) is 24.9 Å². The van der Waals surface area contributed by atoms with Gasteiger partial charge in [0.1, 0.15) is 0 Å². The maximum Gasteiger partial charge on any atom is 0.243 e. The summed E-state index contributed by atoms with van der Waals surface area (Å²) >= 11 is 0. The lowest BCUT2D eigenvalue weighted by Crippen LogP contribution is -2.51. The van der Waals surface area contributed by atoms with E-state index in [1.807, 2.05) is 30.3 Å². The first-order valence-corrected chi connectivity index (χ1v) is 4.85. The zero-order valence-electron chi connectivity index (χ0n) is 8.27. The molecule has 0 aromatic heterocycles. The number of nitrogens with one attached hydrogen (secondary N) is 1. The lowest BCUT2D eigenvalue weighted by Gasteiger charge is -2.25. The van der Waals surface area contributed by atoms with Crippen molar-refractivity contribution < 1.29 is 9.59 Å². The third-order valence-corrected chi connectivity index (χ3v) is 2.34. The molecule has 1 aromatic carbocycles. The zero-order valence-corrected chi connectivity index (χ0v) is 8.27. The number of carbonyl (C=O) groups is 2. The van der Waals surface area contributed by atoms with Gasteiger partial charge in [0.2, 0.25) is 11.8 Å². The van der Waals surface area contributed by atoms with E-state index in [1.54, 1.807) is 0 Å². The number of piperazine rings is 1. The number of hydrogen-bond acceptors (Lipinski definition) is 3. The zero-order chi connectivity index (χ0) is 10.7. The summed E-state index contributed by atoms with van der Waals surface area (Å²) in [7, 11) is 0. The first-order chi connectivity index (χ1) is 7.27. The van der Waals surface area contributed by atoms with Gasteiger partial charge in [-0.15, -0.1) is 0 Å². The molecule has 4 nitrogen and oxygen atoms in total. The van der Waals surface area contributed by atoms with Crippen LogP contribution in [0.15, 0.2) is 30.3 Å². The summed E-state index contributed by atoms with van der Waals surface area (Å²) in [4.78, 5) is 24.2. The molecule has 0 spiro atoms. The van der Waals surface area contributed by atoms with Crippen LogP contribution in [0, 0.1) is 0 Å². The first kappa shape index (κ1) is 9.86. The van der Waals surface area contributed by atoms with Crippen LogP contribution in [-0.4, -0.2) is 29.8 Å². The normalized spacial score (nSPS) is 16.9. The minimum Gasteiger partial charge on any atom is -0.300 e. The number of imide groups is 1. The monoisotopic (exact) mass is 204 g/mol. The molecular formula is C11H12N2O2. The SMILES string of the molecule is O=C1CNCC(=O)N1Cc1ccccc1. The Bertz CT molecular complexity index is 359. The summed E-state index contributed by atoms with van der Waals surface area (Å²) in [5.74, 6) is -0.315. The molecule has 2 amide bonds. The molecule has 78 valence electrons. The van der Waals surface area contributed by atoms with Crippen LogP contribution in [-0.2, 0) is 16.1 Å². The third kappa shape index (κ3) is 2.22. The second-order valence-corrected chi connectivity index (χ2v) is 3.46. The molecule has 1 aliphatic heterocycles. The molecule has 4 heteroatoms. The summed E-state index contributed by atoms with van der Waals surface area (Å²) in [6.45, 7) is 0.872. The van der Waals surface area contributed by atoms with Crippen LogP contribution in [0.25, 0.3) is 0 Å². The molecule has 0 bridgehead atoms. The quantitative estimate of drug-likeness (QED) is 0.697. The third-order valence-electron chi connectivity index (χ3n) is 2.34. The van der Waals surface area contributed by atoms with E-state index in [4.69, 9.17) is 0 Å². The van der Waals surface area contributed by atoms with Crippen LogP contribution in [0.2, 0.25) is 0 Å². The maximum absolute atomic E-state index is 11.5. The molecule has 0 aliphatic carbocycles. The number of carbonyl (C=O) groups excluding carboxylic acids is 2. The molecule has 15 heavy (non-hydrogen) atoms. The van der Waals surface area contributed by atoms with Crippen molar-refractivity contribution in [3.63, 3.8) is 0 Å². The van der Waals surface area contributed by atoms with Gasteiger partial charge in [-0.25, -0.2) is 0 Å². The molecule has 0 radical (unpaired) electrons. The molecule has 1 N–H and O–H groups in total. The van der Waals surface area contributed by atoms with E-state index in [2.05, 4.69) is 5.32 Å². The maximum atomic E-state index is 11.5. The Hall–Kier alpha value is -1.68. The van der Waals surface area contributed by atoms with Crippen molar-refractivity contribution in [2.45, 2.75) is 6.54 Å². The first-order valence-electron chi connectivity index (χ1n) is 4.85. The van der Waals surface area contributed by atoms with Gasteiger partial charge in [0.05, 0.1) is 19.6 Å². The van der Waals surface area contributed by atoms with Crippen molar-refractivity contribution in [1.29, 1.82) is 0 Å². The minimum absolute atomic E-state index is 0.157. The van der Waals surface area contributed by atoms with E-state index in [1.165, 1.54) is 4.90 Å². The smallest absolute Gasteiger partial charge is 0.243 e. The van der Waals surface area contributed by atoms with Gasteiger partial charge in [-0.05, 0) is 5.56 Å². The minimum atomic E-state index is -0.157. The van der Waals surface area contributed by atoms with Crippen LogP contribution in [0.3, 0.4) is 0 Å². The van der Waals surface area contributed by atoms with Gasteiger partial charge in [-0.1, -0.05) is 30.3 Å². The summed E-state index contributed by atoms with van der Waals surface area (Å²) in [6, 6.07) is 9.51. The number of nitrogens with zero attached hydrogens (tertiary/aromatic N) is 1. The fourth-order valence-corrected chi connectivity index (χ4v) is 1.55. The van der Waals surface area contributed by atoms with Crippen molar-refractivity contribution >= 4 is 11.8 Å². The fraction of sp³-hybridized carbons (Fsp3) is 0.273. The number of amides is 2. The summed E-state index contributed by atoms with van der Waals surface area (Å²) in [6.07, 6.45) is 0. The van der Waals surface area contributed by atoms with Crippen molar-refractivity contribution in [3.8, 4) is 0 Å². The number of rotatable bonds is 2. The van der Waals surface area contributed by atoms with Gasteiger partial charge in [-0.3, -0.25) is 19.8 Å². The highest BCUT2D eigenvalue weighted by Crippen LogP contribution is 2.06. The second kappa shape index (κ2) is 4.23. The molecule has 1 aromatic rings.